The maximum absolute atomic E-state index is 14.2. The van der Waals surface area contributed by atoms with Crippen molar-refractivity contribution < 1.29 is 4.39 Å². The molecule has 108 valence electrons. The molecule has 1 aromatic carbocycles. The monoisotopic (exact) mass is 359 g/mol. The van der Waals surface area contributed by atoms with Gasteiger partial charge in [-0.15, -0.1) is 0 Å². The van der Waals surface area contributed by atoms with E-state index in [2.05, 4.69) is 26.3 Å². The quantitative estimate of drug-likeness (QED) is 0.868. The smallest absolute Gasteiger partial charge is 0.129 e. The van der Waals surface area contributed by atoms with E-state index in [1.54, 1.807) is 18.3 Å². The number of hydrogen-bond donors (Lipinski definition) is 1. The Hall–Kier alpha value is -0.910. The molecule has 2 aromatic rings. The summed E-state index contributed by atoms with van der Waals surface area (Å²) in [6.45, 7) is 5.43. The first-order valence-corrected chi connectivity index (χ1v) is 7.65. The zero-order chi connectivity index (χ0) is 14.7. The van der Waals surface area contributed by atoms with Crippen LogP contribution in [-0.4, -0.2) is 16.3 Å². The van der Waals surface area contributed by atoms with E-state index < -0.39 is 0 Å². The van der Waals surface area contributed by atoms with Gasteiger partial charge in [0.2, 0.25) is 0 Å². The maximum Gasteiger partial charge on any atom is 0.129 e. The molecule has 2 rings (SSSR count). The molecule has 0 amide bonds. The molecule has 3 nitrogen and oxygen atoms in total. The van der Waals surface area contributed by atoms with E-state index in [0.29, 0.717) is 17.1 Å². The number of rotatable bonds is 5. The van der Waals surface area contributed by atoms with E-state index >= 15 is 0 Å². The van der Waals surface area contributed by atoms with Crippen molar-refractivity contribution in [3.8, 4) is 0 Å². The minimum atomic E-state index is -0.320. The first kappa shape index (κ1) is 15.5. The first-order valence-electron chi connectivity index (χ1n) is 6.48. The molecule has 0 fully saturated rings. The van der Waals surface area contributed by atoms with Crippen molar-refractivity contribution in [1.29, 1.82) is 0 Å². The summed E-state index contributed by atoms with van der Waals surface area (Å²) >= 11 is 9.32. The fourth-order valence-electron chi connectivity index (χ4n) is 2.20. The molecule has 1 heterocycles. The predicted molar refractivity (Wildman–Crippen MR) is 82.5 cm³/mol. The maximum atomic E-state index is 14.2. The van der Waals surface area contributed by atoms with Crippen molar-refractivity contribution in [3.05, 3.63) is 51.0 Å². The largest absolute Gasteiger partial charge is 0.305 e. The number of nitrogens with zero attached hydrogens (tertiary/aromatic N) is 2. The average Bonchev–Trinajstić information content (AvgIpc) is 2.78. The Morgan fingerprint density at radius 1 is 1.45 bits per heavy atom. The molecular formula is C14H16BrClFN3. The van der Waals surface area contributed by atoms with Crippen LogP contribution in [0.15, 0.2) is 28.9 Å². The van der Waals surface area contributed by atoms with E-state index in [-0.39, 0.29) is 11.9 Å². The Morgan fingerprint density at radius 3 is 2.80 bits per heavy atom. The first-order chi connectivity index (χ1) is 9.58. The second-order valence-electron chi connectivity index (χ2n) is 4.35. The fraction of sp³-hybridized carbons (Fsp3) is 0.357. The van der Waals surface area contributed by atoms with Crippen molar-refractivity contribution in [2.24, 2.45) is 0 Å². The lowest BCUT2D eigenvalue weighted by Gasteiger charge is -2.21. The zero-order valence-corrected chi connectivity index (χ0v) is 13.7. The highest BCUT2D eigenvalue weighted by Crippen LogP contribution is 2.31. The molecule has 0 saturated carbocycles. The summed E-state index contributed by atoms with van der Waals surface area (Å²) < 4.78 is 16.9. The summed E-state index contributed by atoms with van der Waals surface area (Å²) in [6.07, 6.45) is 1.73. The van der Waals surface area contributed by atoms with Crippen LogP contribution in [0.4, 0.5) is 4.39 Å². The van der Waals surface area contributed by atoms with Gasteiger partial charge in [-0.05, 0) is 41.5 Å². The van der Waals surface area contributed by atoms with E-state index in [1.807, 2.05) is 18.5 Å². The van der Waals surface area contributed by atoms with E-state index in [9.17, 15) is 4.39 Å². The average molecular weight is 361 g/mol. The van der Waals surface area contributed by atoms with Crippen LogP contribution in [0.5, 0.6) is 0 Å². The van der Waals surface area contributed by atoms with Crippen LogP contribution in [0.2, 0.25) is 5.02 Å². The summed E-state index contributed by atoms with van der Waals surface area (Å²) in [5.74, 6) is -0.320. The van der Waals surface area contributed by atoms with Crippen molar-refractivity contribution >= 4 is 27.5 Å². The summed E-state index contributed by atoms with van der Waals surface area (Å²) in [5, 5.41) is 7.99. The summed E-state index contributed by atoms with van der Waals surface area (Å²) in [5.41, 5.74) is 1.47. The number of benzene rings is 1. The van der Waals surface area contributed by atoms with Crippen LogP contribution in [0.1, 0.15) is 31.1 Å². The molecule has 0 spiro atoms. The highest BCUT2D eigenvalue weighted by molar-refractivity contribution is 9.10. The van der Waals surface area contributed by atoms with Gasteiger partial charge in [0.15, 0.2) is 0 Å². The third-order valence-corrected chi connectivity index (χ3v) is 3.93. The number of aromatic nitrogens is 2. The fourth-order valence-corrected chi connectivity index (χ4v) is 2.89. The Bertz CT molecular complexity index is 600. The molecule has 1 atom stereocenters. The van der Waals surface area contributed by atoms with Gasteiger partial charge in [0.05, 0.1) is 22.4 Å². The minimum Gasteiger partial charge on any atom is -0.305 e. The van der Waals surface area contributed by atoms with Crippen LogP contribution in [-0.2, 0) is 6.54 Å². The van der Waals surface area contributed by atoms with E-state index in [0.717, 1.165) is 16.7 Å². The lowest BCUT2D eigenvalue weighted by Crippen LogP contribution is -2.26. The molecule has 0 aliphatic rings. The Kier molecular flexibility index (Phi) is 5.18. The van der Waals surface area contributed by atoms with Crippen LogP contribution < -0.4 is 5.32 Å². The Balaban J connectivity index is 2.53. The zero-order valence-electron chi connectivity index (χ0n) is 11.3. The topological polar surface area (TPSA) is 29.9 Å². The molecule has 0 radical (unpaired) electrons. The lowest BCUT2D eigenvalue weighted by atomic mass is 10.0. The molecule has 20 heavy (non-hydrogen) atoms. The molecular weight excluding hydrogens is 345 g/mol. The minimum absolute atomic E-state index is 0.269. The van der Waals surface area contributed by atoms with Crippen molar-refractivity contribution in [1.82, 2.24) is 15.1 Å². The van der Waals surface area contributed by atoms with Gasteiger partial charge in [-0.25, -0.2) is 4.39 Å². The van der Waals surface area contributed by atoms with Crippen LogP contribution in [0.3, 0.4) is 0 Å². The highest BCUT2D eigenvalue weighted by Gasteiger charge is 2.23. The summed E-state index contributed by atoms with van der Waals surface area (Å²) in [6, 6.07) is 4.48. The highest BCUT2D eigenvalue weighted by atomic mass is 79.9. The Labute approximate surface area is 131 Å². The second-order valence-corrected chi connectivity index (χ2v) is 5.64. The van der Waals surface area contributed by atoms with Crippen LogP contribution in [0.25, 0.3) is 0 Å². The lowest BCUT2D eigenvalue weighted by molar-refractivity contribution is 0.514. The van der Waals surface area contributed by atoms with Gasteiger partial charge in [0.1, 0.15) is 5.82 Å². The molecule has 1 aromatic heterocycles. The Morgan fingerprint density at radius 2 is 2.20 bits per heavy atom. The van der Waals surface area contributed by atoms with Crippen LogP contribution >= 0.6 is 27.5 Å². The third-order valence-electron chi connectivity index (χ3n) is 3.09. The molecule has 6 heteroatoms. The van der Waals surface area contributed by atoms with Crippen molar-refractivity contribution in [3.63, 3.8) is 0 Å². The molecule has 0 bridgehead atoms. The second kappa shape index (κ2) is 6.70. The number of nitrogens with one attached hydrogen (secondary N) is 1. The summed E-state index contributed by atoms with van der Waals surface area (Å²) in [7, 11) is 0. The van der Waals surface area contributed by atoms with Crippen LogP contribution in [0, 0.1) is 5.82 Å². The summed E-state index contributed by atoms with van der Waals surface area (Å²) in [4.78, 5) is 0. The third kappa shape index (κ3) is 3.05. The number of aryl methyl sites for hydroxylation is 1. The molecule has 0 saturated heterocycles. The predicted octanol–water partition coefficient (Wildman–Crippen LogP) is 4.16. The van der Waals surface area contributed by atoms with Gasteiger partial charge in [-0.1, -0.05) is 24.6 Å². The molecule has 0 aliphatic carbocycles. The molecule has 1 unspecified atom stereocenters. The molecule has 0 aliphatic heterocycles. The van der Waals surface area contributed by atoms with E-state index in [1.165, 1.54) is 6.07 Å². The van der Waals surface area contributed by atoms with Gasteiger partial charge in [-0.2, -0.15) is 5.10 Å². The SMILES string of the molecule is CCNC(c1ccc(Cl)cc1F)c1c(Br)cnn1CC. The van der Waals surface area contributed by atoms with Gasteiger partial charge in [0, 0.05) is 17.1 Å². The van der Waals surface area contributed by atoms with E-state index in [4.69, 9.17) is 11.6 Å². The van der Waals surface area contributed by atoms with Gasteiger partial charge < -0.3 is 5.32 Å². The van der Waals surface area contributed by atoms with Gasteiger partial charge in [-0.3, -0.25) is 4.68 Å². The number of halogens is 3. The normalized spacial score (nSPS) is 12.7. The molecule has 1 N–H and O–H groups in total. The van der Waals surface area contributed by atoms with Gasteiger partial charge >= 0.3 is 0 Å². The van der Waals surface area contributed by atoms with Gasteiger partial charge in [0.25, 0.3) is 0 Å². The van der Waals surface area contributed by atoms with Crippen molar-refractivity contribution in [2.45, 2.75) is 26.4 Å². The van der Waals surface area contributed by atoms with Crippen molar-refractivity contribution in [2.75, 3.05) is 6.54 Å². The standard InChI is InChI=1S/C14H16BrClFN3/c1-3-18-13(10-6-5-9(16)7-12(10)17)14-11(15)8-19-20(14)4-2/h5-8,13,18H,3-4H2,1-2H3. The number of hydrogen-bond acceptors (Lipinski definition) is 2.